The number of nitrogens with zero attached hydrogens (tertiary/aromatic N) is 1. The molecule has 330 valence electrons. The molecule has 14 nitrogen and oxygen atoms in total. The van der Waals surface area contributed by atoms with Crippen LogP contribution in [0.4, 0.5) is 17.1 Å². The molecule has 8 atom stereocenters. The van der Waals surface area contributed by atoms with Crippen LogP contribution in [0.25, 0.3) is 21.8 Å². The lowest BCUT2D eigenvalue weighted by Crippen LogP contribution is -2.63. The number of benzene rings is 3. The lowest BCUT2D eigenvalue weighted by molar-refractivity contribution is -0.220. The number of amides is 1. The van der Waals surface area contributed by atoms with E-state index in [2.05, 4.69) is 29.2 Å². The minimum absolute atomic E-state index is 0.0211. The number of fused-ring (bicyclic) bond motifs is 4. The molecule has 0 unspecified atom stereocenters. The molecular weight excluding hydrogens is 799 g/mol. The molecule has 4 aromatic rings. The maximum Gasteiger partial charge on any atom is 0.320 e. The molecule has 15 heteroatoms. The number of methoxy groups -OCH3 is 1. The van der Waals surface area contributed by atoms with Crippen LogP contribution in [-0.2, 0) is 19.6 Å². The van der Waals surface area contributed by atoms with Crippen molar-refractivity contribution in [1.82, 2.24) is 10.3 Å². The van der Waals surface area contributed by atoms with E-state index in [0.717, 1.165) is 78.7 Å². The number of nitrogens with one attached hydrogen (secondary N) is 3. The Morgan fingerprint density at radius 2 is 1.67 bits per heavy atom. The maximum absolute atomic E-state index is 12.5. The molecule has 1 heterocycles. The fourth-order valence-electron chi connectivity index (χ4n) is 12.1. The monoisotopic (exact) mass is 859 g/mol. The smallest absolute Gasteiger partial charge is 0.320 e. The van der Waals surface area contributed by atoms with Crippen molar-refractivity contribution in [2.75, 3.05) is 50.2 Å². The molecule has 8 rings (SSSR count). The number of aliphatic hydroxyl groups excluding tert-OH is 3. The highest BCUT2D eigenvalue weighted by Crippen LogP contribution is 2.75. The van der Waals surface area contributed by atoms with Crippen LogP contribution < -0.4 is 25.8 Å². The van der Waals surface area contributed by atoms with Crippen molar-refractivity contribution in [3.8, 4) is 5.75 Å². The van der Waals surface area contributed by atoms with E-state index in [-0.39, 0.29) is 48.3 Å². The van der Waals surface area contributed by atoms with Gasteiger partial charge >= 0.3 is 5.97 Å². The van der Waals surface area contributed by atoms with E-state index < -0.39 is 33.1 Å². The normalized spacial score (nSPS) is 30.3. The van der Waals surface area contributed by atoms with Gasteiger partial charge < -0.3 is 41.2 Å². The molecule has 0 radical (unpaired) electrons. The van der Waals surface area contributed by atoms with Gasteiger partial charge in [0, 0.05) is 35.2 Å². The number of anilines is 3. The summed E-state index contributed by atoms with van der Waals surface area (Å²) in [5, 5.41) is 38.9. The maximum atomic E-state index is 12.5. The molecule has 1 aromatic heterocycles. The number of aromatic nitrogens is 1. The van der Waals surface area contributed by atoms with Gasteiger partial charge in [-0.3, -0.25) is 14.3 Å². The summed E-state index contributed by atoms with van der Waals surface area (Å²) in [6.07, 6.45) is 8.01. The molecule has 4 saturated carbocycles. The summed E-state index contributed by atoms with van der Waals surface area (Å²) >= 11 is 0. The van der Waals surface area contributed by atoms with E-state index >= 15 is 0 Å². The van der Waals surface area contributed by atoms with Crippen molar-refractivity contribution in [2.24, 2.45) is 39.7 Å². The summed E-state index contributed by atoms with van der Waals surface area (Å²) in [7, 11) is -0.322. The standard InChI is InChI=1S/C24H24N4O4S.C22H37NO5/c1-14-7-5-8-16-21(14)27-23-17(9-6-10-18(23)24(29)25-2)22(16)26-19-12-11-15(13-20(19)32-3)28-33(4,30)31;1-19(12-24)16-4-3-14-9-15-10-21(14,20(16,2)6-5-17(19)26)7-8-22(15,13-25)28-18(27)11-23/h5-13,28H,1-4H3,(H,25,29)(H,26,27);14-17,24-26H,3-13,23H2,1-2H3/t;14-,15+,16-,17+,19-,20-,21-,22-/m.0/s1. The third-order valence-corrected chi connectivity index (χ3v) is 15.9. The lowest BCUT2D eigenvalue weighted by Gasteiger charge is -2.66. The molecule has 4 aliphatic rings. The molecule has 3 aromatic carbocycles. The Labute approximate surface area is 358 Å². The van der Waals surface area contributed by atoms with Gasteiger partial charge in [-0.1, -0.05) is 44.2 Å². The molecule has 4 aliphatic carbocycles. The third kappa shape index (κ3) is 7.60. The Kier molecular flexibility index (Phi) is 12.1. The van der Waals surface area contributed by atoms with Crippen molar-refractivity contribution >= 4 is 60.8 Å². The van der Waals surface area contributed by atoms with Gasteiger partial charge in [-0.25, -0.2) is 13.4 Å². The predicted molar refractivity (Wildman–Crippen MR) is 236 cm³/mol. The third-order valence-electron chi connectivity index (χ3n) is 15.3. The number of carbonyl (C=O) groups excluding carboxylic acids is 2. The Morgan fingerprint density at radius 1 is 0.951 bits per heavy atom. The Bertz CT molecular complexity index is 2450. The first kappa shape index (κ1) is 44.5. The van der Waals surface area contributed by atoms with Crippen LogP contribution in [0.5, 0.6) is 5.75 Å². The first-order valence-electron chi connectivity index (χ1n) is 21.2. The second-order valence-corrected chi connectivity index (χ2v) is 20.1. The molecule has 61 heavy (non-hydrogen) atoms. The minimum atomic E-state index is -3.42. The van der Waals surface area contributed by atoms with E-state index in [4.69, 9.17) is 20.2 Å². The van der Waals surface area contributed by atoms with Gasteiger partial charge in [0.05, 0.1) is 72.9 Å². The minimum Gasteiger partial charge on any atom is -0.494 e. The van der Waals surface area contributed by atoms with Crippen LogP contribution in [-0.4, -0.2) is 92.5 Å². The van der Waals surface area contributed by atoms with Crippen molar-refractivity contribution in [1.29, 1.82) is 0 Å². The average molecular weight is 860 g/mol. The number of hydrogen-bond donors (Lipinski definition) is 7. The predicted octanol–water partition coefficient (Wildman–Crippen LogP) is 5.78. The Balaban J connectivity index is 0.000000186. The van der Waals surface area contributed by atoms with E-state index in [9.17, 15) is 33.3 Å². The highest BCUT2D eigenvalue weighted by atomic mass is 32.2. The van der Waals surface area contributed by atoms with Gasteiger partial charge in [-0.05, 0) is 105 Å². The van der Waals surface area contributed by atoms with Crippen molar-refractivity contribution in [3.63, 3.8) is 0 Å². The van der Waals surface area contributed by atoms with Gasteiger partial charge in [0.15, 0.2) is 0 Å². The van der Waals surface area contributed by atoms with Crippen LogP contribution in [0.1, 0.15) is 81.1 Å². The van der Waals surface area contributed by atoms with Gasteiger partial charge in [0.1, 0.15) is 11.4 Å². The van der Waals surface area contributed by atoms with Crippen molar-refractivity contribution in [3.05, 3.63) is 65.7 Å². The number of nitrogens with two attached hydrogens (primary N) is 1. The van der Waals surface area contributed by atoms with E-state index in [1.54, 1.807) is 31.3 Å². The summed E-state index contributed by atoms with van der Waals surface area (Å²) in [5.74, 6) is 0.809. The van der Waals surface area contributed by atoms with E-state index in [1.807, 2.05) is 37.3 Å². The number of rotatable bonds is 10. The molecule has 1 amide bonds. The number of esters is 1. The number of ether oxygens (including phenoxy) is 2. The summed E-state index contributed by atoms with van der Waals surface area (Å²) < 4.78 is 36.9. The zero-order valence-corrected chi connectivity index (χ0v) is 36.8. The largest absolute Gasteiger partial charge is 0.494 e. The number of sulfonamides is 1. The van der Waals surface area contributed by atoms with Gasteiger partial charge in [-0.2, -0.15) is 0 Å². The second-order valence-electron chi connectivity index (χ2n) is 18.3. The molecule has 2 bridgehead atoms. The number of hydrogen-bond acceptors (Lipinski definition) is 12. The topological polar surface area (TPSA) is 222 Å². The summed E-state index contributed by atoms with van der Waals surface area (Å²) in [4.78, 5) is 29.3. The fourth-order valence-corrected chi connectivity index (χ4v) is 12.7. The quantitative estimate of drug-likeness (QED) is 0.0746. The number of aryl methyl sites for hydroxylation is 1. The van der Waals surface area contributed by atoms with Crippen LogP contribution in [0.3, 0.4) is 0 Å². The van der Waals surface area contributed by atoms with Crippen LogP contribution in [0.2, 0.25) is 0 Å². The Morgan fingerprint density at radius 3 is 2.33 bits per heavy atom. The zero-order valence-electron chi connectivity index (χ0n) is 36.0. The van der Waals surface area contributed by atoms with Gasteiger partial charge in [0.2, 0.25) is 10.0 Å². The van der Waals surface area contributed by atoms with Crippen molar-refractivity contribution < 1.29 is 42.8 Å². The fraction of sp³-hybridized carbons (Fsp3) is 0.543. The summed E-state index contributed by atoms with van der Waals surface area (Å²) in [6, 6.07) is 16.4. The number of para-hydroxylation sites is 2. The first-order valence-corrected chi connectivity index (χ1v) is 23.1. The SMILES string of the molecule is CNC(=O)c1cccc2c(Nc3ccc(NS(C)(=O)=O)cc3OC)c3cccc(C)c3nc12.C[C@@]1(CO)[C@H](O)CC[C@@]2(C)[C@H]1CC[C@H]1C[C@@H]3C[C@@]12CC[C@@]3(CO)OC(=O)CN. The summed E-state index contributed by atoms with van der Waals surface area (Å²) in [5.41, 5.74) is 9.03. The molecule has 1 spiro atoms. The van der Waals surface area contributed by atoms with E-state index in [1.165, 1.54) is 7.11 Å². The van der Waals surface area contributed by atoms with Gasteiger partial charge in [0.25, 0.3) is 5.91 Å². The summed E-state index contributed by atoms with van der Waals surface area (Å²) in [6.45, 7) is 6.15. The molecular formula is C46H61N5O9S. The molecule has 4 fully saturated rings. The van der Waals surface area contributed by atoms with Gasteiger partial charge in [-0.15, -0.1) is 0 Å². The highest BCUT2D eigenvalue weighted by Gasteiger charge is 2.71. The van der Waals surface area contributed by atoms with Crippen LogP contribution in [0, 0.1) is 40.9 Å². The van der Waals surface area contributed by atoms with Crippen molar-refractivity contribution in [2.45, 2.75) is 83.8 Å². The number of carbonyl (C=O) groups is 2. The molecule has 0 saturated heterocycles. The lowest BCUT2D eigenvalue weighted by atomic mass is 9.39. The average Bonchev–Trinajstić information content (AvgIpc) is 3.59. The first-order chi connectivity index (χ1) is 28.9. The highest BCUT2D eigenvalue weighted by molar-refractivity contribution is 7.92. The molecule has 8 N–H and O–H groups in total. The zero-order chi connectivity index (χ0) is 44.1. The van der Waals surface area contributed by atoms with Crippen LogP contribution in [0.15, 0.2) is 54.6 Å². The van der Waals surface area contributed by atoms with Crippen LogP contribution >= 0.6 is 0 Å². The number of pyridine rings is 1. The number of aliphatic hydroxyl groups is 3. The molecule has 0 aliphatic heterocycles. The van der Waals surface area contributed by atoms with E-state index in [0.29, 0.717) is 40.5 Å². The Hall–Kier alpha value is -4.54. The second kappa shape index (κ2) is 16.6.